The molecule has 1 rings (SSSR count). The molecule has 0 unspecified atom stereocenters. The molecule has 1 heterocycles. The van der Waals surface area contributed by atoms with Crippen molar-refractivity contribution < 1.29 is 15.3 Å². The van der Waals surface area contributed by atoms with Crippen LogP contribution in [0, 0.1) is 0 Å². The Morgan fingerprint density at radius 3 is 1.07 bits per heavy atom. The van der Waals surface area contributed by atoms with Crippen LogP contribution < -0.4 is 0 Å². The van der Waals surface area contributed by atoms with Gasteiger partial charge in [0.25, 0.3) is 0 Å². The Morgan fingerprint density at radius 1 is 0.600 bits per heavy atom. The largest absolute Gasteiger partial charge is 0.396 e. The standard InChI is InChI=1S/C9H15N3O3/c13-4-1-7-10-8(2-5-14)12-9(11-7)3-6-15/h13-15H,1-6H2. The molecule has 0 bridgehead atoms. The van der Waals surface area contributed by atoms with E-state index in [0.29, 0.717) is 36.7 Å². The van der Waals surface area contributed by atoms with Gasteiger partial charge in [-0.25, -0.2) is 15.0 Å². The van der Waals surface area contributed by atoms with Crippen molar-refractivity contribution in [3.8, 4) is 0 Å². The van der Waals surface area contributed by atoms with Crippen molar-refractivity contribution in [1.82, 2.24) is 15.0 Å². The summed E-state index contributed by atoms with van der Waals surface area (Å²) < 4.78 is 0. The van der Waals surface area contributed by atoms with Gasteiger partial charge < -0.3 is 15.3 Å². The van der Waals surface area contributed by atoms with Crippen molar-refractivity contribution >= 4 is 0 Å². The zero-order valence-corrected chi connectivity index (χ0v) is 8.43. The van der Waals surface area contributed by atoms with Crippen LogP contribution >= 0.6 is 0 Å². The van der Waals surface area contributed by atoms with Gasteiger partial charge in [0.05, 0.1) is 19.8 Å². The predicted molar refractivity (Wildman–Crippen MR) is 52.2 cm³/mol. The van der Waals surface area contributed by atoms with E-state index in [1.165, 1.54) is 0 Å². The molecule has 0 aromatic carbocycles. The molecule has 0 saturated heterocycles. The van der Waals surface area contributed by atoms with Crippen molar-refractivity contribution in [2.45, 2.75) is 19.3 Å². The molecule has 6 nitrogen and oxygen atoms in total. The van der Waals surface area contributed by atoms with Gasteiger partial charge >= 0.3 is 0 Å². The Balaban J connectivity index is 2.86. The third-order valence-electron chi connectivity index (χ3n) is 1.78. The van der Waals surface area contributed by atoms with Crippen molar-refractivity contribution in [2.24, 2.45) is 0 Å². The number of hydrogen-bond donors (Lipinski definition) is 3. The van der Waals surface area contributed by atoms with Crippen molar-refractivity contribution in [2.75, 3.05) is 19.8 Å². The molecule has 0 amide bonds. The Hall–Kier alpha value is -1.11. The monoisotopic (exact) mass is 213 g/mol. The molecule has 84 valence electrons. The summed E-state index contributed by atoms with van der Waals surface area (Å²) in [5.41, 5.74) is 0. The Morgan fingerprint density at radius 2 is 0.867 bits per heavy atom. The third-order valence-corrected chi connectivity index (χ3v) is 1.78. The quantitative estimate of drug-likeness (QED) is 0.530. The second kappa shape index (κ2) is 6.39. The first-order chi connectivity index (χ1) is 7.30. The van der Waals surface area contributed by atoms with E-state index in [-0.39, 0.29) is 19.8 Å². The molecule has 0 aliphatic rings. The van der Waals surface area contributed by atoms with E-state index in [1.807, 2.05) is 0 Å². The fourth-order valence-electron chi connectivity index (χ4n) is 1.16. The topological polar surface area (TPSA) is 99.4 Å². The van der Waals surface area contributed by atoms with Gasteiger partial charge in [0, 0.05) is 19.3 Å². The molecular formula is C9H15N3O3. The minimum atomic E-state index is -0.0266. The molecule has 0 fully saturated rings. The molecule has 3 N–H and O–H groups in total. The van der Waals surface area contributed by atoms with E-state index >= 15 is 0 Å². The second-order valence-corrected chi connectivity index (χ2v) is 3.00. The van der Waals surface area contributed by atoms with Crippen LogP contribution in [-0.4, -0.2) is 50.1 Å². The lowest BCUT2D eigenvalue weighted by molar-refractivity contribution is 0.288. The first-order valence-corrected chi connectivity index (χ1v) is 4.85. The predicted octanol–water partition coefficient (Wildman–Crippen LogP) is -1.52. The average molecular weight is 213 g/mol. The van der Waals surface area contributed by atoms with Gasteiger partial charge in [0.2, 0.25) is 0 Å². The van der Waals surface area contributed by atoms with Gasteiger partial charge in [0.1, 0.15) is 17.5 Å². The molecule has 0 radical (unpaired) electrons. The number of nitrogens with zero attached hydrogens (tertiary/aromatic N) is 3. The van der Waals surface area contributed by atoms with Crippen molar-refractivity contribution in [3.63, 3.8) is 0 Å². The smallest absolute Gasteiger partial charge is 0.134 e. The minimum absolute atomic E-state index is 0.0266. The number of rotatable bonds is 6. The SMILES string of the molecule is OCCc1nc(CCO)nc(CCO)n1. The Kier molecular flexibility index (Phi) is 5.09. The van der Waals surface area contributed by atoms with Crippen LogP contribution in [0.2, 0.25) is 0 Å². The van der Waals surface area contributed by atoms with Crippen LogP contribution in [0.1, 0.15) is 17.5 Å². The molecule has 15 heavy (non-hydrogen) atoms. The normalized spacial score (nSPS) is 10.6. The first kappa shape index (κ1) is 12.0. The number of aromatic nitrogens is 3. The maximum absolute atomic E-state index is 8.76. The van der Waals surface area contributed by atoms with E-state index in [0.717, 1.165) is 0 Å². The lowest BCUT2D eigenvalue weighted by Crippen LogP contribution is -2.11. The summed E-state index contributed by atoms with van der Waals surface area (Å²) in [4.78, 5) is 12.2. The van der Waals surface area contributed by atoms with Crippen molar-refractivity contribution in [1.29, 1.82) is 0 Å². The number of aliphatic hydroxyl groups is 3. The van der Waals surface area contributed by atoms with E-state index in [9.17, 15) is 0 Å². The van der Waals surface area contributed by atoms with Crippen LogP contribution in [-0.2, 0) is 19.3 Å². The first-order valence-electron chi connectivity index (χ1n) is 4.85. The van der Waals surface area contributed by atoms with Crippen LogP contribution in [0.15, 0.2) is 0 Å². The van der Waals surface area contributed by atoms with Gasteiger partial charge in [-0.05, 0) is 0 Å². The fraction of sp³-hybridized carbons (Fsp3) is 0.667. The van der Waals surface area contributed by atoms with Gasteiger partial charge in [-0.2, -0.15) is 0 Å². The molecule has 1 aromatic heterocycles. The van der Waals surface area contributed by atoms with Crippen molar-refractivity contribution in [3.05, 3.63) is 17.5 Å². The third kappa shape index (κ3) is 3.86. The highest BCUT2D eigenvalue weighted by Crippen LogP contribution is 1.99. The molecule has 1 aromatic rings. The average Bonchev–Trinajstić information content (AvgIpc) is 2.19. The molecule has 0 aliphatic heterocycles. The highest BCUT2D eigenvalue weighted by molar-refractivity contribution is 4.98. The molecule has 0 spiro atoms. The lowest BCUT2D eigenvalue weighted by Gasteiger charge is -2.04. The van der Waals surface area contributed by atoms with Gasteiger partial charge in [-0.1, -0.05) is 0 Å². The highest BCUT2D eigenvalue weighted by Gasteiger charge is 2.05. The van der Waals surface area contributed by atoms with Gasteiger partial charge in [-0.3, -0.25) is 0 Å². The van der Waals surface area contributed by atoms with Gasteiger partial charge in [-0.15, -0.1) is 0 Å². The maximum Gasteiger partial charge on any atom is 0.134 e. The van der Waals surface area contributed by atoms with Crippen LogP contribution in [0.5, 0.6) is 0 Å². The molecule has 0 aliphatic carbocycles. The van der Waals surface area contributed by atoms with E-state index in [4.69, 9.17) is 15.3 Å². The summed E-state index contributed by atoms with van der Waals surface area (Å²) in [6.07, 6.45) is 1.08. The van der Waals surface area contributed by atoms with E-state index in [2.05, 4.69) is 15.0 Å². The summed E-state index contributed by atoms with van der Waals surface area (Å²) in [5, 5.41) is 26.3. The summed E-state index contributed by atoms with van der Waals surface area (Å²) in [6, 6.07) is 0. The van der Waals surface area contributed by atoms with E-state index < -0.39 is 0 Å². The molecule has 0 atom stereocenters. The molecule has 6 heteroatoms. The summed E-state index contributed by atoms with van der Waals surface area (Å²) in [5.74, 6) is 1.50. The zero-order chi connectivity index (χ0) is 11.1. The fourth-order valence-corrected chi connectivity index (χ4v) is 1.16. The van der Waals surface area contributed by atoms with Crippen LogP contribution in [0.25, 0.3) is 0 Å². The molecular weight excluding hydrogens is 198 g/mol. The minimum Gasteiger partial charge on any atom is -0.396 e. The number of hydrogen-bond acceptors (Lipinski definition) is 6. The Bertz CT molecular complexity index is 247. The highest BCUT2D eigenvalue weighted by atomic mass is 16.3. The zero-order valence-electron chi connectivity index (χ0n) is 8.43. The Labute approximate surface area is 87.7 Å². The summed E-state index contributed by atoms with van der Waals surface area (Å²) in [7, 11) is 0. The van der Waals surface area contributed by atoms with Gasteiger partial charge in [0.15, 0.2) is 0 Å². The lowest BCUT2D eigenvalue weighted by atomic mass is 10.3. The maximum atomic E-state index is 8.76. The number of aliphatic hydroxyl groups excluding tert-OH is 3. The van der Waals surface area contributed by atoms with E-state index in [1.54, 1.807) is 0 Å². The second-order valence-electron chi connectivity index (χ2n) is 3.00. The molecule has 0 saturated carbocycles. The van der Waals surface area contributed by atoms with Crippen LogP contribution in [0.3, 0.4) is 0 Å². The summed E-state index contributed by atoms with van der Waals surface area (Å²) in [6.45, 7) is -0.0799. The van der Waals surface area contributed by atoms with Crippen LogP contribution in [0.4, 0.5) is 0 Å². The summed E-state index contributed by atoms with van der Waals surface area (Å²) >= 11 is 0.